The van der Waals surface area contributed by atoms with Gasteiger partial charge in [-0.05, 0) is 24.3 Å². The minimum atomic E-state index is 0.0834. The third-order valence-electron chi connectivity index (χ3n) is 3.14. The number of hydrogen-bond acceptors (Lipinski definition) is 4. The number of carbonyl (C=O) groups is 1. The highest BCUT2D eigenvalue weighted by Gasteiger charge is 2.09. The summed E-state index contributed by atoms with van der Waals surface area (Å²) in [4.78, 5) is 15.2. The van der Waals surface area contributed by atoms with Crippen LogP contribution in [-0.4, -0.2) is 55.8 Å². The van der Waals surface area contributed by atoms with Crippen molar-refractivity contribution in [3.8, 4) is 0 Å². The molecule has 0 unspecified atom stereocenters. The van der Waals surface area contributed by atoms with E-state index in [9.17, 15) is 4.79 Å². The average molecular weight is 314 g/mol. The molecular weight excluding hydrogens is 294 g/mol. The normalized spacial score (nSPS) is 16.1. The monoisotopic (exact) mass is 313 g/mol. The number of rotatable bonds is 6. The predicted octanol–water partition coefficient (Wildman–Crippen LogP) is 1.45. The Morgan fingerprint density at radius 3 is 2.70 bits per heavy atom. The summed E-state index contributed by atoms with van der Waals surface area (Å²) < 4.78 is 0. The van der Waals surface area contributed by atoms with Crippen LogP contribution >= 0.6 is 23.4 Å². The number of amides is 1. The molecule has 0 radical (unpaired) electrons. The summed E-state index contributed by atoms with van der Waals surface area (Å²) in [6, 6.07) is 7.54. The fourth-order valence-electron chi connectivity index (χ4n) is 2.02. The largest absolute Gasteiger partial charge is 0.354 e. The Morgan fingerprint density at radius 2 is 2.00 bits per heavy atom. The average Bonchev–Trinajstić information content (AvgIpc) is 2.48. The Bertz CT molecular complexity index is 421. The van der Waals surface area contributed by atoms with Crippen molar-refractivity contribution in [2.45, 2.75) is 4.90 Å². The van der Waals surface area contributed by atoms with E-state index in [-0.39, 0.29) is 5.91 Å². The summed E-state index contributed by atoms with van der Waals surface area (Å²) in [5, 5.41) is 7.00. The number of halogens is 1. The van der Waals surface area contributed by atoms with Gasteiger partial charge in [-0.15, -0.1) is 11.8 Å². The van der Waals surface area contributed by atoms with Crippen LogP contribution in [0.1, 0.15) is 0 Å². The Labute approximate surface area is 129 Å². The number of carbonyl (C=O) groups excluding carboxylic acids is 1. The lowest BCUT2D eigenvalue weighted by Crippen LogP contribution is -2.46. The molecule has 0 aliphatic carbocycles. The van der Waals surface area contributed by atoms with Gasteiger partial charge in [-0.3, -0.25) is 9.69 Å². The van der Waals surface area contributed by atoms with Gasteiger partial charge in [0.2, 0.25) is 5.91 Å². The molecule has 1 saturated heterocycles. The first kappa shape index (κ1) is 15.6. The molecule has 0 spiro atoms. The quantitative estimate of drug-likeness (QED) is 0.780. The maximum atomic E-state index is 11.7. The summed E-state index contributed by atoms with van der Waals surface area (Å²) in [5.74, 6) is 0.531. The molecule has 0 saturated carbocycles. The van der Waals surface area contributed by atoms with E-state index >= 15 is 0 Å². The molecule has 0 aromatic heterocycles. The molecule has 0 atom stereocenters. The first-order chi connectivity index (χ1) is 9.74. The van der Waals surface area contributed by atoms with Gasteiger partial charge in [0, 0.05) is 49.2 Å². The van der Waals surface area contributed by atoms with Crippen molar-refractivity contribution in [1.29, 1.82) is 0 Å². The maximum absolute atomic E-state index is 11.7. The van der Waals surface area contributed by atoms with E-state index in [1.54, 1.807) is 0 Å². The van der Waals surface area contributed by atoms with Gasteiger partial charge in [-0.25, -0.2) is 0 Å². The van der Waals surface area contributed by atoms with Gasteiger partial charge in [0.25, 0.3) is 0 Å². The zero-order chi connectivity index (χ0) is 14.2. The summed E-state index contributed by atoms with van der Waals surface area (Å²) in [6.45, 7) is 5.87. The van der Waals surface area contributed by atoms with Crippen LogP contribution in [-0.2, 0) is 4.79 Å². The van der Waals surface area contributed by atoms with Gasteiger partial charge in [0.15, 0.2) is 0 Å². The van der Waals surface area contributed by atoms with Crippen molar-refractivity contribution in [1.82, 2.24) is 15.5 Å². The number of nitrogens with zero attached hydrogens (tertiary/aromatic N) is 1. The summed E-state index contributed by atoms with van der Waals surface area (Å²) in [5.41, 5.74) is 0. The van der Waals surface area contributed by atoms with E-state index < -0.39 is 0 Å². The van der Waals surface area contributed by atoms with Gasteiger partial charge >= 0.3 is 0 Å². The second-order valence-electron chi connectivity index (χ2n) is 4.68. The topological polar surface area (TPSA) is 44.4 Å². The Hall–Kier alpha value is -0.750. The fraction of sp³-hybridized carbons (Fsp3) is 0.500. The van der Waals surface area contributed by atoms with Crippen molar-refractivity contribution in [3.05, 3.63) is 29.3 Å². The van der Waals surface area contributed by atoms with E-state index in [0.717, 1.165) is 49.2 Å². The smallest absolute Gasteiger partial charge is 0.230 e. The van der Waals surface area contributed by atoms with E-state index in [1.165, 1.54) is 11.8 Å². The molecule has 1 heterocycles. The van der Waals surface area contributed by atoms with Crippen molar-refractivity contribution in [2.24, 2.45) is 0 Å². The number of nitrogens with one attached hydrogen (secondary N) is 2. The van der Waals surface area contributed by atoms with Crippen LogP contribution in [0.3, 0.4) is 0 Å². The molecule has 1 aliphatic heterocycles. The molecule has 1 aliphatic rings. The minimum Gasteiger partial charge on any atom is -0.354 e. The molecule has 0 bridgehead atoms. The molecular formula is C14H20ClN3OS. The summed E-state index contributed by atoms with van der Waals surface area (Å²) in [7, 11) is 0. The van der Waals surface area contributed by atoms with Crippen molar-refractivity contribution in [2.75, 3.05) is 45.0 Å². The molecule has 2 N–H and O–H groups in total. The highest BCUT2D eigenvalue weighted by molar-refractivity contribution is 8.00. The van der Waals surface area contributed by atoms with E-state index in [1.807, 2.05) is 24.3 Å². The van der Waals surface area contributed by atoms with Crippen molar-refractivity contribution < 1.29 is 4.79 Å². The molecule has 4 nitrogen and oxygen atoms in total. The molecule has 6 heteroatoms. The number of benzene rings is 1. The molecule has 110 valence electrons. The van der Waals surface area contributed by atoms with E-state index in [0.29, 0.717) is 5.75 Å². The minimum absolute atomic E-state index is 0.0834. The Morgan fingerprint density at radius 1 is 1.30 bits per heavy atom. The maximum Gasteiger partial charge on any atom is 0.230 e. The number of thioether (sulfide) groups is 1. The SMILES string of the molecule is O=C(CSc1ccc(Cl)cc1)NCCN1CCNCC1. The van der Waals surface area contributed by atoms with Crippen LogP contribution < -0.4 is 10.6 Å². The highest BCUT2D eigenvalue weighted by atomic mass is 35.5. The van der Waals surface area contributed by atoms with E-state index in [4.69, 9.17) is 11.6 Å². The van der Waals surface area contributed by atoms with Crippen LogP contribution in [0, 0.1) is 0 Å². The lowest BCUT2D eigenvalue weighted by Gasteiger charge is -2.27. The molecule has 2 rings (SSSR count). The number of piperazine rings is 1. The van der Waals surface area contributed by atoms with Gasteiger partial charge in [-0.1, -0.05) is 11.6 Å². The zero-order valence-corrected chi connectivity index (χ0v) is 13.0. The van der Waals surface area contributed by atoms with Gasteiger partial charge < -0.3 is 10.6 Å². The van der Waals surface area contributed by atoms with Crippen molar-refractivity contribution >= 4 is 29.3 Å². The summed E-state index contributed by atoms with van der Waals surface area (Å²) in [6.07, 6.45) is 0. The van der Waals surface area contributed by atoms with Crippen LogP contribution in [0.2, 0.25) is 5.02 Å². The zero-order valence-electron chi connectivity index (χ0n) is 11.4. The molecule has 1 aromatic rings. The summed E-state index contributed by atoms with van der Waals surface area (Å²) >= 11 is 7.35. The second kappa shape index (κ2) is 8.52. The number of hydrogen-bond donors (Lipinski definition) is 2. The first-order valence-electron chi connectivity index (χ1n) is 6.82. The lowest BCUT2D eigenvalue weighted by molar-refractivity contribution is -0.118. The van der Waals surface area contributed by atoms with Crippen LogP contribution in [0.5, 0.6) is 0 Å². The van der Waals surface area contributed by atoms with Gasteiger partial charge in [-0.2, -0.15) is 0 Å². The van der Waals surface area contributed by atoms with Gasteiger partial charge in [0.05, 0.1) is 5.75 Å². The highest BCUT2D eigenvalue weighted by Crippen LogP contribution is 2.19. The lowest BCUT2D eigenvalue weighted by atomic mass is 10.3. The predicted molar refractivity (Wildman–Crippen MR) is 84.5 cm³/mol. The first-order valence-corrected chi connectivity index (χ1v) is 8.18. The molecule has 1 fully saturated rings. The van der Waals surface area contributed by atoms with Crippen molar-refractivity contribution in [3.63, 3.8) is 0 Å². The third kappa shape index (κ3) is 5.71. The van der Waals surface area contributed by atoms with Crippen LogP contribution in [0.4, 0.5) is 0 Å². The van der Waals surface area contributed by atoms with Crippen LogP contribution in [0.25, 0.3) is 0 Å². The van der Waals surface area contributed by atoms with Gasteiger partial charge in [0.1, 0.15) is 0 Å². The Balaban J connectivity index is 1.59. The second-order valence-corrected chi connectivity index (χ2v) is 6.17. The fourth-order valence-corrected chi connectivity index (χ4v) is 2.87. The molecule has 20 heavy (non-hydrogen) atoms. The van der Waals surface area contributed by atoms with E-state index in [2.05, 4.69) is 15.5 Å². The standard InChI is InChI=1S/C14H20ClN3OS/c15-12-1-3-13(4-2-12)20-11-14(19)17-7-10-18-8-5-16-6-9-18/h1-4,16H,5-11H2,(H,17,19). The Kier molecular flexibility index (Phi) is 6.66. The van der Waals surface area contributed by atoms with Crippen LogP contribution in [0.15, 0.2) is 29.2 Å². The third-order valence-corrected chi connectivity index (χ3v) is 4.41. The molecule has 1 amide bonds. The molecule has 1 aromatic carbocycles.